The molecule has 0 saturated carbocycles. The molecule has 0 aliphatic carbocycles. The van der Waals surface area contributed by atoms with Gasteiger partial charge in [0.25, 0.3) is 0 Å². The molecule has 1 aromatic rings. The topological polar surface area (TPSA) is 82.5 Å². The molecule has 1 aromatic carbocycles. The first kappa shape index (κ1) is 37.4. The van der Waals surface area contributed by atoms with Crippen molar-refractivity contribution in [3.8, 4) is 0 Å². The third kappa shape index (κ3) is 11.3. The number of hydrogen-bond donors (Lipinski definition) is 2. The Hall–Kier alpha value is -0.790. The zero-order chi connectivity index (χ0) is 27.8. The van der Waals surface area contributed by atoms with Gasteiger partial charge in [0, 0.05) is 11.1 Å². The molecule has 0 fully saturated rings. The maximum atomic E-state index is 13.0. The minimum absolute atomic E-state index is 0. The fourth-order valence-corrected chi connectivity index (χ4v) is 6.40. The molecule has 0 radical (unpaired) electrons. The molecule has 7 nitrogen and oxygen atoms in total. The molecule has 8 heteroatoms. The number of rotatable bonds is 9. The van der Waals surface area contributed by atoms with Gasteiger partial charge in [-0.2, -0.15) is 10.1 Å². The molecule has 214 valence electrons. The van der Waals surface area contributed by atoms with Crippen LogP contribution in [0.4, 0.5) is 0 Å². The summed E-state index contributed by atoms with van der Waals surface area (Å²) in [7, 11) is -3.43. The summed E-state index contributed by atoms with van der Waals surface area (Å²) >= 11 is 0. The van der Waals surface area contributed by atoms with E-state index in [1.807, 2.05) is 80.5 Å². The van der Waals surface area contributed by atoms with Crippen molar-refractivity contribution in [1.82, 2.24) is 10.1 Å². The van der Waals surface area contributed by atoms with Crippen molar-refractivity contribution in [1.29, 1.82) is 0 Å². The van der Waals surface area contributed by atoms with Crippen LogP contribution < -0.4 is 0 Å². The largest absolute Gasteiger partial charge is 0.350 e. The lowest BCUT2D eigenvalue weighted by Gasteiger charge is -2.44. The van der Waals surface area contributed by atoms with Crippen LogP contribution in [0.1, 0.15) is 109 Å². The maximum absolute atomic E-state index is 13.0. The van der Waals surface area contributed by atoms with Gasteiger partial charge in [0.1, 0.15) is 5.78 Å². The third-order valence-electron chi connectivity index (χ3n) is 5.33. The molecule has 1 rings (SSSR count). The lowest BCUT2D eigenvalue weighted by atomic mass is 9.92. The average molecular weight is 533 g/mol. The van der Waals surface area contributed by atoms with Crippen LogP contribution in [-0.4, -0.2) is 50.6 Å². The Morgan fingerprint density at radius 3 is 1.47 bits per heavy atom. The van der Waals surface area contributed by atoms with Crippen LogP contribution in [0.5, 0.6) is 0 Å². The lowest BCUT2D eigenvalue weighted by molar-refractivity contribution is -0.199. The van der Waals surface area contributed by atoms with E-state index in [0.717, 1.165) is 10.6 Å². The van der Waals surface area contributed by atoms with Crippen LogP contribution in [0.3, 0.4) is 0 Å². The SMILES string of the molecule is C.CC(C)C(c1ccccc1)N(O)C(C)(C)C.CCOP(=O)(OCC)C(N(O)C(C)(C)C)C(C)(C)C. The molecular formula is C28H57N2O5P. The van der Waals surface area contributed by atoms with Crippen molar-refractivity contribution in [2.75, 3.05) is 13.2 Å². The first-order valence-corrected chi connectivity index (χ1v) is 14.2. The summed E-state index contributed by atoms with van der Waals surface area (Å²) in [5, 5.41) is 23.3. The number of hydroxylamine groups is 4. The van der Waals surface area contributed by atoms with Crippen LogP contribution in [0.2, 0.25) is 0 Å². The Labute approximate surface area is 222 Å². The van der Waals surface area contributed by atoms with E-state index in [4.69, 9.17) is 9.05 Å². The minimum atomic E-state index is -3.43. The molecule has 0 aliphatic rings. The number of hydrogen-bond acceptors (Lipinski definition) is 7. The van der Waals surface area contributed by atoms with Gasteiger partial charge in [0.15, 0.2) is 0 Å². The van der Waals surface area contributed by atoms with Gasteiger partial charge in [-0.3, -0.25) is 4.57 Å². The zero-order valence-corrected chi connectivity index (χ0v) is 25.4. The van der Waals surface area contributed by atoms with Gasteiger partial charge in [-0.25, -0.2) is 0 Å². The highest BCUT2D eigenvalue weighted by atomic mass is 31.2. The van der Waals surface area contributed by atoms with Gasteiger partial charge in [-0.15, -0.1) is 0 Å². The minimum Gasteiger partial charge on any atom is -0.313 e. The predicted octanol–water partition coefficient (Wildman–Crippen LogP) is 8.62. The Morgan fingerprint density at radius 1 is 0.806 bits per heavy atom. The van der Waals surface area contributed by atoms with Crippen molar-refractivity contribution in [3.05, 3.63) is 35.9 Å². The summed E-state index contributed by atoms with van der Waals surface area (Å²) in [5.74, 6) is -0.355. The summed E-state index contributed by atoms with van der Waals surface area (Å²) in [5.41, 5.74) is -0.0935. The summed E-state index contributed by atoms with van der Waals surface area (Å²) in [6, 6.07) is 10.2. The second-order valence-corrected chi connectivity index (χ2v) is 14.3. The highest BCUT2D eigenvalue weighted by Crippen LogP contribution is 2.60. The quantitative estimate of drug-likeness (QED) is 0.243. The van der Waals surface area contributed by atoms with Gasteiger partial charge < -0.3 is 19.5 Å². The monoisotopic (exact) mass is 532 g/mol. The normalized spacial score (nSPS) is 14.8. The van der Waals surface area contributed by atoms with Crippen molar-refractivity contribution in [2.45, 2.75) is 120 Å². The van der Waals surface area contributed by atoms with E-state index in [0.29, 0.717) is 5.92 Å². The first-order valence-electron chi connectivity index (χ1n) is 12.6. The number of nitrogens with zero attached hydrogens (tertiary/aromatic N) is 2. The van der Waals surface area contributed by atoms with Crippen molar-refractivity contribution < 1.29 is 24.0 Å². The second-order valence-electron chi connectivity index (χ2n) is 12.2. The molecule has 0 spiro atoms. The molecule has 0 aromatic heterocycles. The van der Waals surface area contributed by atoms with E-state index in [1.54, 1.807) is 13.8 Å². The van der Waals surface area contributed by atoms with E-state index < -0.39 is 24.3 Å². The lowest BCUT2D eigenvalue weighted by Crippen LogP contribution is -2.51. The molecule has 0 amide bonds. The fraction of sp³-hybridized carbons (Fsp3) is 0.786. The molecule has 0 saturated heterocycles. The highest BCUT2D eigenvalue weighted by Gasteiger charge is 2.50. The Morgan fingerprint density at radius 2 is 1.19 bits per heavy atom. The van der Waals surface area contributed by atoms with Crippen LogP contribution in [-0.2, 0) is 13.6 Å². The molecular weight excluding hydrogens is 475 g/mol. The van der Waals surface area contributed by atoms with Gasteiger partial charge in [-0.1, -0.05) is 72.4 Å². The molecule has 2 atom stereocenters. The molecule has 0 aliphatic heterocycles. The van der Waals surface area contributed by atoms with Crippen LogP contribution in [0, 0.1) is 11.3 Å². The van der Waals surface area contributed by atoms with Crippen molar-refractivity contribution in [2.24, 2.45) is 11.3 Å². The van der Waals surface area contributed by atoms with Crippen LogP contribution in [0.15, 0.2) is 30.3 Å². The Balaban J connectivity index is 0. The smallest absolute Gasteiger partial charge is 0.313 e. The molecule has 0 bridgehead atoms. The fourth-order valence-electron chi connectivity index (χ4n) is 3.76. The van der Waals surface area contributed by atoms with E-state index in [9.17, 15) is 15.0 Å². The molecule has 0 heterocycles. The van der Waals surface area contributed by atoms with Crippen LogP contribution >= 0.6 is 7.60 Å². The molecule has 2 unspecified atom stereocenters. The van der Waals surface area contributed by atoms with Crippen molar-refractivity contribution in [3.63, 3.8) is 0 Å². The van der Waals surface area contributed by atoms with Crippen molar-refractivity contribution >= 4 is 7.60 Å². The van der Waals surface area contributed by atoms with E-state index >= 15 is 0 Å². The average Bonchev–Trinajstić information content (AvgIpc) is 2.67. The summed E-state index contributed by atoms with van der Waals surface area (Å²) < 4.78 is 23.8. The van der Waals surface area contributed by atoms with Gasteiger partial charge in [0.05, 0.1) is 19.3 Å². The van der Waals surface area contributed by atoms with Gasteiger partial charge in [-0.05, 0) is 72.3 Å². The predicted molar refractivity (Wildman–Crippen MR) is 152 cm³/mol. The zero-order valence-electron chi connectivity index (χ0n) is 24.5. The summed E-state index contributed by atoms with van der Waals surface area (Å²) in [6.07, 6.45) is 0. The Kier molecular flexibility index (Phi) is 15.5. The van der Waals surface area contributed by atoms with E-state index in [2.05, 4.69) is 26.0 Å². The van der Waals surface area contributed by atoms with E-state index in [1.165, 1.54) is 5.06 Å². The Bertz CT molecular complexity index is 757. The highest BCUT2D eigenvalue weighted by molar-refractivity contribution is 7.54. The standard InChI is InChI=1S/C14H23NO.C13H30NO4P.CH4/c1-11(2)13(15(16)14(3,4)5)12-9-7-6-8-10-12;1-9-17-19(16,18-10-2)11(12(3,4)5)14(15)13(6,7)8;/h6-11,13,16H,1-5H3;11,15H,9-10H2,1-8H3;1H4. The summed E-state index contributed by atoms with van der Waals surface area (Å²) in [4.78, 5) is 0. The third-order valence-corrected chi connectivity index (χ3v) is 8.16. The van der Waals surface area contributed by atoms with Gasteiger partial charge >= 0.3 is 7.60 Å². The number of benzene rings is 1. The summed E-state index contributed by atoms with van der Waals surface area (Å²) in [6.45, 7) is 25.7. The maximum Gasteiger partial charge on any atom is 0.350 e. The molecule has 2 N–H and O–H groups in total. The van der Waals surface area contributed by atoms with Gasteiger partial charge in [0.2, 0.25) is 0 Å². The first-order chi connectivity index (χ1) is 15.7. The molecule has 36 heavy (non-hydrogen) atoms. The second kappa shape index (κ2) is 15.0. The van der Waals surface area contributed by atoms with E-state index in [-0.39, 0.29) is 32.2 Å². The van der Waals surface area contributed by atoms with Crippen LogP contribution in [0.25, 0.3) is 0 Å².